The number of nitrogens with one attached hydrogen (secondary N) is 1. The Balaban J connectivity index is 1.50. The van der Waals surface area contributed by atoms with Crippen molar-refractivity contribution in [1.82, 2.24) is 10.2 Å². The van der Waals surface area contributed by atoms with Gasteiger partial charge in [-0.15, -0.1) is 11.3 Å². The molecule has 1 saturated heterocycles. The normalized spacial score (nSPS) is 16.6. The molecule has 4 rings (SSSR count). The van der Waals surface area contributed by atoms with Crippen LogP contribution in [-0.2, 0) is 0 Å². The van der Waals surface area contributed by atoms with Crippen molar-refractivity contribution in [2.24, 2.45) is 0 Å². The maximum Gasteiger partial charge on any atom is 0.257 e. The molecule has 0 saturated carbocycles. The molecule has 0 aliphatic carbocycles. The second kappa shape index (κ2) is 9.75. The maximum absolute atomic E-state index is 14.2. The van der Waals surface area contributed by atoms with E-state index in [-0.39, 0.29) is 11.9 Å². The highest BCUT2D eigenvalue weighted by Crippen LogP contribution is 2.31. The van der Waals surface area contributed by atoms with E-state index in [0.717, 1.165) is 17.0 Å². The number of thiophene rings is 1. The number of hydrogen-bond acceptors (Lipinski definition) is 4. The monoisotopic (exact) mass is 459 g/mol. The Morgan fingerprint density at radius 3 is 2.19 bits per heavy atom. The third-order valence-corrected chi connectivity index (χ3v) is 6.70. The van der Waals surface area contributed by atoms with Gasteiger partial charge in [0.05, 0.1) is 11.7 Å². The van der Waals surface area contributed by atoms with Gasteiger partial charge in [-0.25, -0.2) is 13.2 Å². The lowest BCUT2D eigenvalue weighted by atomic mass is 10.0. The van der Waals surface area contributed by atoms with Gasteiger partial charge in [-0.1, -0.05) is 24.3 Å². The van der Waals surface area contributed by atoms with Crippen LogP contribution >= 0.6 is 11.3 Å². The fourth-order valence-corrected chi connectivity index (χ4v) is 5.19. The number of amides is 1. The molecule has 0 unspecified atom stereocenters. The van der Waals surface area contributed by atoms with E-state index in [0.29, 0.717) is 31.9 Å². The minimum atomic E-state index is -0.888. The summed E-state index contributed by atoms with van der Waals surface area (Å²) >= 11 is 1.57. The van der Waals surface area contributed by atoms with Gasteiger partial charge in [0, 0.05) is 37.1 Å². The number of nitrogens with zero attached hydrogens (tertiary/aromatic N) is 2. The third kappa shape index (κ3) is 4.66. The van der Waals surface area contributed by atoms with E-state index in [2.05, 4.69) is 10.2 Å². The SMILES string of the molecule is C[C@@H](NC(=O)c1c(F)cccc1F)[C@H](c1cccs1)N1CCN(c2ccccc2F)CC1. The molecule has 0 bridgehead atoms. The van der Waals surface area contributed by atoms with E-state index in [9.17, 15) is 18.0 Å². The Kier molecular flexibility index (Phi) is 6.81. The van der Waals surface area contributed by atoms with Crippen LogP contribution in [0.4, 0.5) is 18.9 Å². The van der Waals surface area contributed by atoms with E-state index >= 15 is 0 Å². The Bertz CT molecular complexity index is 1050. The fourth-order valence-electron chi connectivity index (χ4n) is 4.22. The number of anilines is 1. The quantitative estimate of drug-likeness (QED) is 0.573. The molecule has 1 aliphatic heterocycles. The zero-order valence-electron chi connectivity index (χ0n) is 17.6. The van der Waals surface area contributed by atoms with Crippen LogP contribution in [0.3, 0.4) is 0 Å². The van der Waals surface area contributed by atoms with Crippen molar-refractivity contribution in [3.63, 3.8) is 0 Å². The van der Waals surface area contributed by atoms with Gasteiger partial charge >= 0.3 is 0 Å². The van der Waals surface area contributed by atoms with Crippen molar-refractivity contribution in [2.45, 2.75) is 19.0 Å². The molecule has 32 heavy (non-hydrogen) atoms. The van der Waals surface area contributed by atoms with Crippen LogP contribution in [0.5, 0.6) is 0 Å². The van der Waals surface area contributed by atoms with Crippen LogP contribution in [0, 0.1) is 17.5 Å². The standard InChI is InChI=1S/C24H24F3N3OS/c1-16(28-24(31)22-18(26)7-4-8-19(22)27)23(21-10-5-15-32-21)30-13-11-29(12-14-30)20-9-3-2-6-17(20)25/h2-10,15-16,23H,11-14H2,1H3,(H,28,31)/t16-,23-/m1/s1. The molecule has 2 heterocycles. The zero-order valence-corrected chi connectivity index (χ0v) is 18.4. The number of para-hydroxylation sites is 1. The van der Waals surface area contributed by atoms with Gasteiger partial charge in [-0.05, 0) is 42.6 Å². The van der Waals surface area contributed by atoms with E-state index < -0.39 is 29.1 Å². The van der Waals surface area contributed by atoms with Crippen LogP contribution in [0.15, 0.2) is 60.0 Å². The van der Waals surface area contributed by atoms with Crippen molar-refractivity contribution in [1.29, 1.82) is 0 Å². The molecule has 1 fully saturated rings. The molecule has 4 nitrogen and oxygen atoms in total. The Morgan fingerprint density at radius 1 is 0.906 bits per heavy atom. The van der Waals surface area contributed by atoms with E-state index in [1.807, 2.05) is 35.4 Å². The highest BCUT2D eigenvalue weighted by Gasteiger charge is 2.32. The molecule has 1 amide bonds. The van der Waals surface area contributed by atoms with Gasteiger partial charge in [-0.2, -0.15) is 0 Å². The third-order valence-electron chi connectivity index (χ3n) is 5.76. The minimum Gasteiger partial charge on any atom is -0.367 e. The fraction of sp³-hybridized carbons (Fsp3) is 0.292. The van der Waals surface area contributed by atoms with Gasteiger partial charge in [0.2, 0.25) is 0 Å². The summed E-state index contributed by atoms with van der Waals surface area (Å²) in [6, 6.07) is 13.4. The molecule has 2 atom stereocenters. The summed E-state index contributed by atoms with van der Waals surface area (Å²) in [5.41, 5.74) is 0.00449. The summed E-state index contributed by atoms with van der Waals surface area (Å²) in [4.78, 5) is 18.0. The minimum absolute atomic E-state index is 0.170. The molecular formula is C24H24F3N3OS. The van der Waals surface area contributed by atoms with Gasteiger partial charge in [0.1, 0.15) is 23.0 Å². The lowest BCUT2D eigenvalue weighted by Gasteiger charge is -2.42. The number of benzene rings is 2. The number of rotatable bonds is 6. The first-order chi connectivity index (χ1) is 15.5. The average molecular weight is 460 g/mol. The molecule has 0 radical (unpaired) electrons. The summed E-state index contributed by atoms with van der Waals surface area (Å²) in [7, 11) is 0. The smallest absolute Gasteiger partial charge is 0.257 e. The summed E-state index contributed by atoms with van der Waals surface area (Å²) in [5, 5.41) is 4.75. The van der Waals surface area contributed by atoms with Crippen LogP contribution in [0.2, 0.25) is 0 Å². The molecule has 1 N–H and O–H groups in total. The lowest BCUT2D eigenvalue weighted by molar-refractivity contribution is 0.0882. The maximum atomic E-state index is 14.2. The number of halogens is 3. The summed E-state index contributed by atoms with van der Waals surface area (Å²) in [6.45, 7) is 4.41. The second-order valence-electron chi connectivity index (χ2n) is 7.79. The highest BCUT2D eigenvalue weighted by molar-refractivity contribution is 7.10. The zero-order chi connectivity index (χ0) is 22.7. The number of carbonyl (C=O) groups excluding carboxylic acids is 1. The Hall–Kier alpha value is -2.84. The van der Waals surface area contributed by atoms with E-state index in [1.165, 1.54) is 12.1 Å². The van der Waals surface area contributed by atoms with E-state index in [4.69, 9.17) is 0 Å². The van der Waals surface area contributed by atoms with Crippen LogP contribution in [0.1, 0.15) is 28.2 Å². The average Bonchev–Trinajstić information content (AvgIpc) is 3.29. The summed E-state index contributed by atoms with van der Waals surface area (Å²) in [6.07, 6.45) is 0. The summed E-state index contributed by atoms with van der Waals surface area (Å²) in [5.74, 6) is -2.80. The Labute approximate surface area is 189 Å². The van der Waals surface area contributed by atoms with Crippen molar-refractivity contribution in [3.05, 3.63) is 87.9 Å². The highest BCUT2D eigenvalue weighted by atomic mass is 32.1. The molecule has 1 aliphatic rings. The molecule has 168 valence electrons. The lowest BCUT2D eigenvalue weighted by Crippen LogP contribution is -2.52. The van der Waals surface area contributed by atoms with Gasteiger partial charge in [-0.3, -0.25) is 9.69 Å². The molecule has 1 aromatic heterocycles. The van der Waals surface area contributed by atoms with E-state index in [1.54, 1.807) is 23.5 Å². The molecule has 0 spiro atoms. The van der Waals surface area contributed by atoms with Crippen molar-refractivity contribution >= 4 is 22.9 Å². The van der Waals surface area contributed by atoms with Gasteiger partial charge in [0.15, 0.2) is 0 Å². The van der Waals surface area contributed by atoms with Crippen molar-refractivity contribution < 1.29 is 18.0 Å². The van der Waals surface area contributed by atoms with Crippen LogP contribution in [-0.4, -0.2) is 43.0 Å². The molecular weight excluding hydrogens is 435 g/mol. The number of piperazine rings is 1. The second-order valence-corrected chi connectivity index (χ2v) is 8.77. The largest absolute Gasteiger partial charge is 0.367 e. The van der Waals surface area contributed by atoms with Gasteiger partial charge in [0.25, 0.3) is 5.91 Å². The first-order valence-corrected chi connectivity index (χ1v) is 11.4. The van der Waals surface area contributed by atoms with Crippen LogP contribution < -0.4 is 10.2 Å². The number of hydrogen-bond donors (Lipinski definition) is 1. The van der Waals surface area contributed by atoms with Crippen molar-refractivity contribution in [2.75, 3.05) is 31.1 Å². The first kappa shape index (κ1) is 22.4. The summed E-state index contributed by atoms with van der Waals surface area (Å²) < 4.78 is 42.3. The molecule has 8 heteroatoms. The predicted octanol–water partition coefficient (Wildman–Crippen LogP) is 4.85. The molecule has 2 aromatic carbocycles. The predicted molar refractivity (Wildman–Crippen MR) is 121 cm³/mol. The topological polar surface area (TPSA) is 35.6 Å². The van der Waals surface area contributed by atoms with Crippen molar-refractivity contribution in [3.8, 4) is 0 Å². The van der Waals surface area contributed by atoms with Crippen LogP contribution in [0.25, 0.3) is 0 Å². The first-order valence-electron chi connectivity index (χ1n) is 10.5. The van der Waals surface area contributed by atoms with Gasteiger partial charge < -0.3 is 10.2 Å². The number of carbonyl (C=O) groups is 1. The molecule has 3 aromatic rings. The Morgan fingerprint density at radius 2 is 1.56 bits per heavy atom.